The van der Waals surface area contributed by atoms with Crippen molar-refractivity contribution in [2.24, 2.45) is 0 Å². The number of amides is 3. The zero-order valence-electron chi connectivity index (χ0n) is 14.8. The van der Waals surface area contributed by atoms with Crippen LogP contribution in [0.2, 0.25) is 0 Å². The molecule has 0 aliphatic rings. The van der Waals surface area contributed by atoms with Crippen molar-refractivity contribution in [2.75, 3.05) is 5.32 Å². The van der Waals surface area contributed by atoms with Gasteiger partial charge >= 0.3 is 0 Å². The third kappa shape index (κ3) is 4.42. The van der Waals surface area contributed by atoms with Crippen LogP contribution in [0.15, 0.2) is 65.3 Å². The monoisotopic (exact) mass is 381 g/mol. The second-order valence-corrected chi connectivity index (χ2v) is 5.88. The van der Waals surface area contributed by atoms with Crippen molar-refractivity contribution in [1.82, 2.24) is 10.9 Å². The number of carbonyl (C=O) groups excluding carboxylic acids is 3. The lowest BCUT2D eigenvalue weighted by molar-refractivity contribution is 0.0846. The van der Waals surface area contributed by atoms with Crippen LogP contribution < -0.4 is 16.2 Å². The lowest BCUT2D eigenvalue weighted by Gasteiger charge is -2.11. The molecule has 142 valence electrons. The highest BCUT2D eigenvalue weighted by atomic mass is 19.1. The smallest absolute Gasteiger partial charge is 0.291 e. The number of hydrazine groups is 1. The fourth-order valence-corrected chi connectivity index (χ4v) is 2.35. The Hall–Kier alpha value is -3.94. The van der Waals surface area contributed by atoms with Gasteiger partial charge in [0.1, 0.15) is 5.82 Å². The molecule has 0 bridgehead atoms. The van der Waals surface area contributed by atoms with E-state index in [1.54, 1.807) is 25.1 Å². The summed E-state index contributed by atoms with van der Waals surface area (Å²) in [6.07, 6.45) is 1.38. The van der Waals surface area contributed by atoms with Crippen LogP contribution in [0.1, 0.15) is 36.8 Å². The number of halogens is 1. The molecule has 0 saturated carbocycles. The van der Waals surface area contributed by atoms with Crippen molar-refractivity contribution >= 4 is 23.4 Å². The zero-order valence-corrected chi connectivity index (χ0v) is 14.8. The molecule has 8 heteroatoms. The maximum absolute atomic E-state index is 12.9. The Kier molecular flexibility index (Phi) is 5.50. The summed E-state index contributed by atoms with van der Waals surface area (Å²) in [5.74, 6) is -1.95. The van der Waals surface area contributed by atoms with Crippen molar-refractivity contribution < 1.29 is 23.2 Å². The van der Waals surface area contributed by atoms with Crippen molar-refractivity contribution in [3.63, 3.8) is 0 Å². The van der Waals surface area contributed by atoms with E-state index >= 15 is 0 Å². The first kappa shape index (κ1) is 18.8. The fourth-order valence-electron chi connectivity index (χ4n) is 2.35. The third-order valence-electron chi connectivity index (χ3n) is 3.89. The van der Waals surface area contributed by atoms with Crippen molar-refractivity contribution in [3.05, 3.63) is 89.1 Å². The first-order valence-electron chi connectivity index (χ1n) is 8.26. The average Bonchev–Trinajstić information content (AvgIpc) is 3.23. The number of furan rings is 1. The van der Waals surface area contributed by atoms with Gasteiger partial charge in [0.25, 0.3) is 17.7 Å². The molecular formula is C20H16FN3O4. The number of hydrogen-bond donors (Lipinski definition) is 3. The second kappa shape index (κ2) is 8.17. The number of nitrogens with one attached hydrogen (secondary N) is 3. The van der Waals surface area contributed by atoms with Crippen LogP contribution in [0.3, 0.4) is 0 Å². The summed E-state index contributed by atoms with van der Waals surface area (Å²) in [6.45, 7) is 1.77. The quantitative estimate of drug-likeness (QED) is 0.605. The van der Waals surface area contributed by atoms with Gasteiger partial charge in [-0.05, 0) is 61.0 Å². The number of rotatable bonds is 4. The third-order valence-corrected chi connectivity index (χ3v) is 3.89. The van der Waals surface area contributed by atoms with E-state index in [0.29, 0.717) is 5.69 Å². The summed E-state index contributed by atoms with van der Waals surface area (Å²) >= 11 is 0. The van der Waals surface area contributed by atoms with Gasteiger partial charge in [-0.3, -0.25) is 25.2 Å². The molecule has 0 saturated heterocycles. The number of aryl methyl sites for hydroxylation is 1. The molecule has 0 unspecified atom stereocenters. The zero-order chi connectivity index (χ0) is 20.1. The molecule has 0 radical (unpaired) electrons. The SMILES string of the molecule is Cc1ccc(C(=O)NNC(=O)c2ccc(F)cc2)cc1NC(=O)c1ccco1. The van der Waals surface area contributed by atoms with Crippen LogP contribution in [0.25, 0.3) is 0 Å². The van der Waals surface area contributed by atoms with E-state index < -0.39 is 23.5 Å². The molecule has 3 N–H and O–H groups in total. The highest BCUT2D eigenvalue weighted by molar-refractivity contribution is 6.04. The molecule has 0 spiro atoms. The summed E-state index contributed by atoms with van der Waals surface area (Å²) in [4.78, 5) is 36.4. The molecule has 3 aromatic rings. The van der Waals surface area contributed by atoms with Gasteiger partial charge < -0.3 is 9.73 Å². The Morgan fingerprint density at radius 1 is 0.857 bits per heavy atom. The summed E-state index contributed by atoms with van der Waals surface area (Å²) < 4.78 is 17.9. The van der Waals surface area contributed by atoms with Gasteiger partial charge in [0.05, 0.1) is 6.26 Å². The van der Waals surface area contributed by atoms with Crippen LogP contribution in [0, 0.1) is 12.7 Å². The van der Waals surface area contributed by atoms with Crippen LogP contribution >= 0.6 is 0 Å². The molecule has 1 heterocycles. The van der Waals surface area contributed by atoms with E-state index in [1.807, 2.05) is 0 Å². The number of benzene rings is 2. The summed E-state index contributed by atoms with van der Waals surface area (Å²) in [5, 5.41) is 2.67. The van der Waals surface area contributed by atoms with Crippen molar-refractivity contribution in [2.45, 2.75) is 6.92 Å². The molecule has 2 aromatic carbocycles. The van der Waals surface area contributed by atoms with E-state index in [0.717, 1.165) is 17.7 Å². The average molecular weight is 381 g/mol. The Morgan fingerprint density at radius 3 is 2.14 bits per heavy atom. The van der Waals surface area contributed by atoms with Crippen LogP contribution in [0.5, 0.6) is 0 Å². The normalized spacial score (nSPS) is 10.2. The molecule has 7 nitrogen and oxygen atoms in total. The summed E-state index contributed by atoms with van der Waals surface area (Å²) in [5.41, 5.74) is 6.11. The number of hydrogen-bond acceptors (Lipinski definition) is 4. The topological polar surface area (TPSA) is 100 Å². The van der Waals surface area contributed by atoms with Gasteiger partial charge in [-0.15, -0.1) is 0 Å². The van der Waals surface area contributed by atoms with E-state index in [9.17, 15) is 18.8 Å². The van der Waals surface area contributed by atoms with Crippen LogP contribution in [-0.2, 0) is 0 Å². The van der Waals surface area contributed by atoms with E-state index in [1.165, 1.54) is 30.5 Å². The molecule has 1 aromatic heterocycles. The van der Waals surface area contributed by atoms with Gasteiger partial charge in [-0.1, -0.05) is 6.07 Å². The van der Waals surface area contributed by atoms with E-state index in [2.05, 4.69) is 16.2 Å². The predicted molar refractivity (Wildman–Crippen MR) is 99.2 cm³/mol. The highest BCUT2D eigenvalue weighted by Crippen LogP contribution is 2.18. The molecule has 0 aliphatic heterocycles. The lowest BCUT2D eigenvalue weighted by Crippen LogP contribution is -2.41. The van der Waals surface area contributed by atoms with Crippen molar-refractivity contribution in [3.8, 4) is 0 Å². The maximum atomic E-state index is 12.9. The minimum Gasteiger partial charge on any atom is -0.459 e. The van der Waals surface area contributed by atoms with Gasteiger partial charge in [0.2, 0.25) is 0 Å². The molecule has 3 amide bonds. The first-order chi connectivity index (χ1) is 13.4. The second-order valence-electron chi connectivity index (χ2n) is 5.88. The molecule has 3 rings (SSSR count). The minimum absolute atomic E-state index is 0.140. The molecular weight excluding hydrogens is 365 g/mol. The van der Waals surface area contributed by atoms with Crippen LogP contribution in [0.4, 0.5) is 10.1 Å². The minimum atomic E-state index is -0.591. The molecule has 0 fully saturated rings. The van der Waals surface area contributed by atoms with Gasteiger partial charge in [-0.25, -0.2) is 4.39 Å². The molecule has 0 aliphatic carbocycles. The van der Waals surface area contributed by atoms with Gasteiger partial charge in [0.15, 0.2) is 5.76 Å². The highest BCUT2D eigenvalue weighted by Gasteiger charge is 2.14. The van der Waals surface area contributed by atoms with Crippen LogP contribution in [-0.4, -0.2) is 17.7 Å². The van der Waals surface area contributed by atoms with Gasteiger partial charge in [-0.2, -0.15) is 0 Å². The predicted octanol–water partition coefficient (Wildman–Crippen LogP) is 3.05. The Balaban J connectivity index is 1.66. The Bertz CT molecular complexity index is 1010. The van der Waals surface area contributed by atoms with Crippen molar-refractivity contribution in [1.29, 1.82) is 0 Å². The van der Waals surface area contributed by atoms with Gasteiger partial charge in [0, 0.05) is 16.8 Å². The standard InChI is InChI=1S/C20H16FN3O4/c1-12-4-5-14(11-16(12)22-20(27)17-3-2-10-28-17)19(26)24-23-18(25)13-6-8-15(21)9-7-13/h2-11H,1H3,(H,22,27)(H,23,25)(H,24,26). The van der Waals surface area contributed by atoms with E-state index in [4.69, 9.17) is 4.42 Å². The fraction of sp³-hybridized carbons (Fsp3) is 0.0500. The molecule has 28 heavy (non-hydrogen) atoms. The number of carbonyl (C=O) groups is 3. The summed E-state index contributed by atoms with van der Waals surface area (Å²) in [7, 11) is 0. The largest absolute Gasteiger partial charge is 0.459 e. The number of anilines is 1. The lowest BCUT2D eigenvalue weighted by atomic mass is 10.1. The van der Waals surface area contributed by atoms with E-state index in [-0.39, 0.29) is 16.9 Å². The molecule has 0 atom stereocenters. The Morgan fingerprint density at radius 2 is 1.50 bits per heavy atom. The Labute approximate surface area is 159 Å². The maximum Gasteiger partial charge on any atom is 0.291 e. The summed E-state index contributed by atoms with van der Waals surface area (Å²) in [6, 6.07) is 12.7. The first-order valence-corrected chi connectivity index (χ1v) is 8.26.